The third-order valence-electron chi connectivity index (χ3n) is 4.83. The van der Waals surface area contributed by atoms with Crippen molar-refractivity contribution in [2.24, 2.45) is 4.99 Å². The number of hydrogen-bond acceptors (Lipinski definition) is 3. The first-order chi connectivity index (χ1) is 14.2. The first kappa shape index (κ1) is 20.5. The molecule has 0 saturated carbocycles. The van der Waals surface area contributed by atoms with Crippen molar-refractivity contribution >= 4 is 5.96 Å². The summed E-state index contributed by atoms with van der Waals surface area (Å²) >= 11 is 0. The van der Waals surface area contributed by atoms with Gasteiger partial charge in [-0.25, -0.2) is 4.98 Å². The number of nitrogens with zero attached hydrogens (tertiary/aromatic N) is 3. The third-order valence-corrected chi connectivity index (χ3v) is 4.83. The molecule has 0 aliphatic carbocycles. The SMILES string of the molecule is CN=C(NCCc1ccccc1OC)NCc1cccc(Cn2ccnc2C)c1. The number of benzene rings is 2. The van der Waals surface area contributed by atoms with E-state index >= 15 is 0 Å². The Labute approximate surface area is 172 Å². The van der Waals surface area contributed by atoms with Crippen LogP contribution in [-0.4, -0.2) is 36.2 Å². The highest BCUT2D eigenvalue weighted by molar-refractivity contribution is 5.79. The van der Waals surface area contributed by atoms with Crippen LogP contribution in [-0.2, 0) is 19.5 Å². The summed E-state index contributed by atoms with van der Waals surface area (Å²) in [4.78, 5) is 8.61. The van der Waals surface area contributed by atoms with Crippen LogP contribution in [0.3, 0.4) is 0 Å². The molecule has 3 aromatic rings. The van der Waals surface area contributed by atoms with Gasteiger partial charge < -0.3 is 19.9 Å². The summed E-state index contributed by atoms with van der Waals surface area (Å²) in [5, 5.41) is 6.76. The van der Waals surface area contributed by atoms with Crippen molar-refractivity contribution in [3.8, 4) is 5.75 Å². The van der Waals surface area contributed by atoms with Crippen molar-refractivity contribution in [1.29, 1.82) is 0 Å². The van der Waals surface area contributed by atoms with Gasteiger partial charge in [-0.3, -0.25) is 4.99 Å². The molecule has 0 radical (unpaired) electrons. The predicted molar refractivity (Wildman–Crippen MR) is 117 cm³/mol. The van der Waals surface area contributed by atoms with E-state index in [-0.39, 0.29) is 0 Å². The molecule has 0 saturated heterocycles. The lowest BCUT2D eigenvalue weighted by Gasteiger charge is -2.14. The highest BCUT2D eigenvalue weighted by Crippen LogP contribution is 2.17. The number of aromatic nitrogens is 2. The Morgan fingerprint density at radius 3 is 2.69 bits per heavy atom. The van der Waals surface area contributed by atoms with Crippen molar-refractivity contribution in [2.45, 2.75) is 26.4 Å². The van der Waals surface area contributed by atoms with Gasteiger partial charge in [-0.05, 0) is 36.1 Å². The standard InChI is InChI=1S/C23H29N5O/c1-18-25-13-14-28(18)17-20-8-6-7-19(15-20)16-27-23(24-2)26-12-11-21-9-4-5-10-22(21)29-3/h4-10,13-15H,11-12,16-17H2,1-3H3,(H2,24,26,27). The number of imidazole rings is 1. The Balaban J connectivity index is 1.50. The van der Waals surface area contributed by atoms with Gasteiger partial charge in [0.25, 0.3) is 0 Å². The zero-order valence-electron chi connectivity index (χ0n) is 17.4. The molecule has 3 rings (SSSR count). The zero-order chi connectivity index (χ0) is 20.5. The lowest BCUT2D eigenvalue weighted by atomic mass is 10.1. The maximum absolute atomic E-state index is 5.41. The summed E-state index contributed by atoms with van der Waals surface area (Å²) in [5.74, 6) is 2.73. The summed E-state index contributed by atoms with van der Waals surface area (Å²) in [5.41, 5.74) is 3.65. The lowest BCUT2D eigenvalue weighted by molar-refractivity contribution is 0.409. The van der Waals surface area contributed by atoms with E-state index in [4.69, 9.17) is 4.74 Å². The molecule has 29 heavy (non-hydrogen) atoms. The Morgan fingerprint density at radius 2 is 1.93 bits per heavy atom. The van der Waals surface area contributed by atoms with Gasteiger partial charge in [0.1, 0.15) is 11.6 Å². The summed E-state index contributed by atoms with van der Waals surface area (Å²) in [6, 6.07) is 16.7. The summed E-state index contributed by atoms with van der Waals surface area (Å²) < 4.78 is 7.55. The van der Waals surface area contributed by atoms with Crippen LogP contribution in [0.4, 0.5) is 0 Å². The number of para-hydroxylation sites is 1. The molecule has 6 nitrogen and oxygen atoms in total. The molecule has 2 aromatic carbocycles. The van der Waals surface area contributed by atoms with Gasteiger partial charge in [-0.15, -0.1) is 0 Å². The number of aryl methyl sites for hydroxylation is 1. The van der Waals surface area contributed by atoms with E-state index in [0.717, 1.165) is 37.0 Å². The number of guanidine groups is 1. The Bertz CT molecular complexity index is 948. The highest BCUT2D eigenvalue weighted by atomic mass is 16.5. The number of ether oxygens (including phenoxy) is 1. The smallest absolute Gasteiger partial charge is 0.191 e. The Kier molecular flexibility index (Phi) is 7.28. The molecule has 0 amide bonds. The third kappa shape index (κ3) is 5.85. The van der Waals surface area contributed by atoms with Crippen LogP contribution in [0, 0.1) is 6.92 Å². The van der Waals surface area contributed by atoms with E-state index in [1.807, 2.05) is 37.5 Å². The molecule has 152 valence electrons. The first-order valence-electron chi connectivity index (χ1n) is 9.81. The Morgan fingerprint density at radius 1 is 1.10 bits per heavy atom. The minimum atomic E-state index is 0.713. The Hall–Kier alpha value is -3.28. The average Bonchev–Trinajstić information content (AvgIpc) is 3.15. The van der Waals surface area contributed by atoms with Gasteiger partial charge in [0.2, 0.25) is 0 Å². The molecular weight excluding hydrogens is 362 g/mol. The van der Waals surface area contributed by atoms with E-state index in [2.05, 4.69) is 55.5 Å². The number of aliphatic imine (C=N–C) groups is 1. The van der Waals surface area contributed by atoms with Crippen LogP contribution in [0.5, 0.6) is 5.75 Å². The highest BCUT2D eigenvalue weighted by Gasteiger charge is 2.04. The topological polar surface area (TPSA) is 63.5 Å². The van der Waals surface area contributed by atoms with Crippen LogP contribution in [0.25, 0.3) is 0 Å². The minimum absolute atomic E-state index is 0.713. The van der Waals surface area contributed by atoms with Crippen LogP contribution in [0.15, 0.2) is 65.9 Å². The second-order valence-electron chi connectivity index (χ2n) is 6.84. The first-order valence-corrected chi connectivity index (χ1v) is 9.81. The fraction of sp³-hybridized carbons (Fsp3) is 0.304. The van der Waals surface area contributed by atoms with Crippen molar-refractivity contribution in [3.63, 3.8) is 0 Å². The molecule has 1 heterocycles. The molecule has 0 atom stereocenters. The zero-order valence-corrected chi connectivity index (χ0v) is 17.4. The number of methoxy groups -OCH3 is 1. The van der Waals surface area contributed by atoms with Crippen molar-refractivity contribution in [2.75, 3.05) is 20.7 Å². The second kappa shape index (κ2) is 10.3. The van der Waals surface area contributed by atoms with Gasteiger partial charge in [-0.1, -0.05) is 42.5 Å². The monoisotopic (exact) mass is 391 g/mol. The van der Waals surface area contributed by atoms with E-state index in [9.17, 15) is 0 Å². The average molecular weight is 392 g/mol. The normalized spacial score (nSPS) is 11.3. The van der Waals surface area contributed by atoms with E-state index < -0.39 is 0 Å². The molecule has 0 aliphatic rings. The summed E-state index contributed by atoms with van der Waals surface area (Å²) in [6.45, 7) is 4.34. The van der Waals surface area contributed by atoms with Gasteiger partial charge in [0.05, 0.1) is 7.11 Å². The number of hydrogen-bond donors (Lipinski definition) is 2. The van der Waals surface area contributed by atoms with Gasteiger partial charge in [-0.2, -0.15) is 0 Å². The van der Waals surface area contributed by atoms with Crippen molar-refractivity contribution in [1.82, 2.24) is 20.2 Å². The largest absolute Gasteiger partial charge is 0.496 e. The molecule has 0 spiro atoms. The summed E-state index contributed by atoms with van der Waals surface area (Å²) in [6.07, 6.45) is 4.71. The second-order valence-corrected chi connectivity index (χ2v) is 6.84. The minimum Gasteiger partial charge on any atom is -0.496 e. The van der Waals surface area contributed by atoms with Crippen molar-refractivity contribution in [3.05, 3.63) is 83.4 Å². The molecule has 0 unspecified atom stereocenters. The molecule has 1 aromatic heterocycles. The van der Waals surface area contributed by atoms with Crippen LogP contribution >= 0.6 is 0 Å². The van der Waals surface area contributed by atoms with Gasteiger partial charge in [0, 0.05) is 39.1 Å². The predicted octanol–water partition coefficient (Wildman–Crippen LogP) is 3.16. The van der Waals surface area contributed by atoms with Crippen LogP contribution < -0.4 is 15.4 Å². The van der Waals surface area contributed by atoms with Crippen molar-refractivity contribution < 1.29 is 4.74 Å². The molecular formula is C23H29N5O. The maximum atomic E-state index is 5.41. The maximum Gasteiger partial charge on any atom is 0.191 e. The fourth-order valence-electron chi connectivity index (χ4n) is 3.24. The quantitative estimate of drug-likeness (QED) is 0.457. The lowest BCUT2D eigenvalue weighted by Crippen LogP contribution is -2.37. The van der Waals surface area contributed by atoms with Crippen LogP contribution in [0.2, 0.25) is 0 Å². The molecule has 6 heteroatoms. The summed E-state index contributed by atoms with van der Waals surface area (Å²) in [7, 11) is 3.49. The van der Waals surface area contributed by atoms with E-state index in [1.54, 1.807) is 14.2 Å². The van der Waals surface area contributed by atoms with E-state index in [0.29, 0.717) is 6.54 Å². The number of nitrogens with one attached hydrogen (secondary N) is 2. The van der Waals surface area contributed by atoms with Gasteiger partial charge in [0.15, 0.2) is 5.96 Å². The number of rotatable bonds is 8. The van der Waals surface area contributed by atoms with Crippen LogP contribution in [0.1, 0.15) is 22.5 Å². The van der Waals surface area contributed by atoms with Gasteiger partial charge >= 0.3 is 0 Å². The molecule has 0 bridgehead atoms. The molecule has 0 fully saturated rings. The van der Waals surface area contributed by atoms with E-state index in [1.165, 1.54) is 16.7 Å². The molecule has 2 N–H and O–H groups in total. The fourth-order valence-corrected chi connectivity index (χ4v) is 3.24. The molecule has 0 aliphatic heterocycles.